The molecule has 7 heteroatoms. The number of rotatable bonds is 3. The average molecular weight is 455 g/mol. The minimum absolute atomic E-state index is 0.0562. The summed E-state index contributed by atoms with van der Waals surface area (Å²) < 4.78 is 1.70. The summed E-state index contributed by atoms with van der Waals surface area (Å²) in [5, 5.41) is 9.22. The third-order valence-corrected chi connectivity index (χ3v) is 7.39. The molecule has 5 heterocycles. The second kappa shape index (κ2) is 8.09. The van der Waals surface area contributed by atoms with E-state index in [2.05, 4.69) is 45.5 Å². The van der Waals surface area contributed by atoms with Gasteiger partial charge in [0.25, 0.3) is 5.91 Å². The van der Waals surface area contributed by atoms with Gasteiger partial charge in [-0.25, -0.2) is 4.98 Å². The number of carbonyl (C=O) groups is 1. The predicted octanol–water partition coefficient (Wildman–Crippen LogP) is 4.20. The molecule has 4 aromatic rings. The molecule has 3 aromatic heterocycles. The molecule has 174 valence electrons. The molecular weight excluding hydrogens is 424 g/mol. The highest BCUT2D eigenvalue weighted by Gasteiger charge is 2.29. The Balaban J connectivity index is 1.40. The largest absolute Gasteiger partial charge is 0.346 e. The van der Waals surface area contributed by atoms with Crippen LogP contribution < -0.4 is 5.32 Å². The number of hydrogen-bond donors (Lipinski definition) is 2. The average Bonchev–Trinajstić information content (AvgIpc) is 3.58. The van der Waals surface area contributed by atoms with Crippen molar-refractivity contribution in [3.63, 3.8) is 0 Å². The van der Waals surface area contributed by atoms with Crippen LogP contribution in [-0.4, -0.2) is 43.6 Å². The van der Waals surface area contributed by atoms with Gasteiger partial charge in [0, 0.05) is 49.5 Å². The number of aromatic nitrogens is 4. The summed E-state index contributed by atoms with van der Waals surface area (Å²) in [4.78, 5) is 23.2. The maximum absolute atomic E-state index is 13.3. The monoisotopic (exact) mass is 454 g/mol. The second-order valence-corrected chi connectivity index (χ2v) is 9.72. The predicted molar refractivity (Wildman–Crippen MR) is 133 cm³/mol. The minimum Gasteiger partial charge on any atom is -0.346 e. The van der Waals surface area contributed by atoms with E-state index in [1.807, 2.05) is 37.3 Å². The lowest BCUT2D eigenvalue weighted by Crippen LogP contribution is -2.38. The van der Waals surface area contributed by atoms with Crippen LogP contribution in [0.5, 0.6) is 0 Å². The minimum atomic E-state index is 0.0562. The van der Waals surface area contributed by atoms with E-state index >= 15 is 0 Å². The zero-order valence-electron chi connectivity index (χ0n) is 20.0. The van der Waals surface area contributed by atoms with E-state index in [1.165, 1.54) is 39.6 Å². The van der Waals surface area contributed by atoms with Crippen molar-refractivity contribution < 1.29 is 4.79 Å². The SMILES string of the molecule is Cc1cc(C(=O)N2CCc3cc(-c4cnc5[nH]cc(C)c5c4)cc([C@@H]4CCCN4)c3C2)n(C)n1. The maximum Gasteiger partial charge on any atom is 0.272 e. The van der Waals surface area contributed by atoms with Crippen LogP contribution in [0.25, 0.3) is 22.2 Å². The third kappa shape index (κ3) is 3.51. The summed E-state index contributed by atoms with van der Waals surface area (Å²) in [5.74, 6) is 0.0562. The van der Waals surface area contributed by atoms with Crippen molar-refractivity contribution in [1.29, 1.82) is 0 Å². The Labute approximate surface area is 199 Å². The molecule has 34 heavy (non-hydrogen) atoms. The fourth-order valence-corrected chi connectivity index (χ4v) is 5.56. The van der Waals surface area contributed by atoms with E-state index in [0.29, 0.717) is 24.8 Å². The van der Waals surface area contributed by atoms with Gasteiger partial charge < -0.3 is 15.2 Å². The number of amides is 1. The Morgan fingerprint density at radius 2 is 2.03 bits per heavy atom. The number of aryl methyl sites for hydroxylation is 3. The Bertz CT molecular complexity index is 1410. The number of nitrogens with one attached hydrogen (secondary N) is 2. The fraction of sp³-hybridized carbons (Fsp3) is 0.370. The summed E-state index contributed by atoms with van der Waals surface area (Å²) in [7, 11) is 1.84. The molecule has 2 aliphatic rings. The van der Waals surface area contributed by atoms with Crippen molar-refractivity contribution in [3.05, 3.63) is 70.3 Å². The van der Waals surface area contributed by atoms with Gasteiger partial charge in [-0.2, -0.15) is 5.10 Å². The van der Waals surface area contributed by atoms with Crippen LogP contribution >= 0.6 is 0 Å². The highest BCUT2D eigenvalue weighted by atomic mass is 16.2. The Morgan fingerprint density at radius 3 is 2.79 bits per heavy atom. The maximum atomic E-state index is 13.3. The molecule has 0 radical (unpaired) electrons. The first kappa shape index (κ1) is 21.1. The lowest BCUT2D eigenvalue weighted by atomic mass is 9.87. The molecule has 1 atom stereocenters. The van der Waals surface area contributed by atoms with Gasteiger partial charge in [0.15, 0.2) is 0 Å². The third-order valence-electron chi connectivity index (χ3n) is 7.39. The normalized spacial score (nSPS) is 18.0. The van der Waals surface area contributed by atoms with Crippen LogP contribution in [0.15, 0.2) is 36.7 Å². The number of nitrogens with zero attached hydrogens (tertiary/aromatic N) is 4. The first-order valence-electron chi connectivity index (χ1n) is 12.1. The lowest BCUT2D eigenvalue weighted by molar-refractivity contribution is 0.0722. The number of pyridine rings is 1. The summed E-state index contributed by atoms with van der Waals surface area (Å²) in [6, 6.07) is 9.09. The van der Waals surface area contributed by atoms with E-state index in [9.17, 15) is 4.79 Å². The van der Waals surface area contributed by atoms with Crippen molar-refractivity contribution in [3.8, 4) is 11.1 Å². The van der Waals surface area contributed by atoms with Gasteiger partial charge in [-0.3, -0.25) is 9.48 Å². The number of H-pyrrole nitrogens is 1. The van der Waals surface area contributed by atoms with Crippen LogP contribution in [0.1, 0.15) is 57.3 Å². The van der Waals surface area contributed by atoms with Crippen molar-refractivity contribution in [2.24, 2.45) is 7.05 Å². The van der Waals surface area contributed by atoms with Crippen molar-refractivity contribution >= 4 is 16.9 Å². The Hall–Kier alpha value is -3.45. The molecule has 1 saturated heterocycles. The summed E-state index contributed by atoms with van der Waals surface area (Å²) in [5.41, 5.74) is 9.98. The number of hydrogen-bond acceptors (Lipinski definition) is 4. The Morgan fingerprint density at radius 1 is 1.15 bits per heavy atom. The molecule has 7 nitrogen and oxygen atoms in total. The fourth-order valence-electron chi connectivity index (χ4n) is 5.56. The molecule has 0 spiro atoms. The van der Waals surface area contributed by atoms with Crippen LogP contribution in [0, 0.1) is 13.8 Å². The molecule has 1 amide bonds. The quantitative estimate of drug-likeness (QED) is 0.486. The highest BCUT2D eigenvalue weighted by molar-refractivity contribution is 5.93. The van der Waals surface area contributed by atoms with Gasteiger partial charge in [0.05, 0.1) is 5.69 Å². The molecule has 0 aliphatic carbocycles. The zero-order valence-corrected chi connectivity index (χ0v) is 20.0. The second-order valence-electron chi connectivity index (χ2n) is 9.72. The van der Waals surface area contributed by atoms with Gasteiger partial charge in [0.2, 0.25) is 0 Å². The number of aromatic amines is 1. The van der Waals surface area contributed by atoms with E-state index in [0.717, 1.165) is 36.3 Å². The van der Waals surface area contributed by atoms with Crippen LogP contribution in [0.4, 0.5) is 0 Å². The first-order chi connectivity index (χ1) is 16.5. The topological polar surface area (TPSA) is 78.8 Å². The van der Waals surface area contributed by atoms with Gasteiger partial charge >= 0.3 is 0 Å². The highest BCUT2D eigenvalue weighted by Crippen LogP contribution is 2.36. The van der Waals surface area contributed by atoms with E-state index in [-0.39, 0.29) is 5.91 Å². The van der Waals surface area contributed by atoms with Gasteiger partial charge in [-0.05, 0) is 85.7 Å². The van der Waals surface area contributed by atoms with Crippen LogP contribution in [-0.2, 0) is 20.0 Å². The molecule has 2 N–H and O–H groups in total. The van der Waals surface area contributed by atoms with E-state index < -0.39 is 0 Å². The van der Waals surface area contributed by atoms with Crippen molar-refractivity contribution in [2.45, 2.75) is 45.7 Å². The standard InChI is InChI=1S/C27H30N6O/c1-16-13-29-26-21(16)12-20(14-30-26)19-10-18-6-8-33(27(34)25-9-17(2)31-32(25)3)15-23(18)22(11-19)24-5-4-7-28-24/h9-14,24,28H,4-8,15H2,1-3H3,(H,29,30)/t24-/m0/s1. The molecule has 1 aromatic carbocycles. The molecule has 6 rings (SSSR count). The Kier molecular flexibility index (Phi) is 5.03. The molecule has 2 aliphatic heterocycles. The molecule has 0 bridgehead atoms. The van der Waals surface area contributed by atoms with Crippen LogP contribution in [0.2, 0.25) is 0 Å². The molecule has 0 unspecified atom stereocenters. The van der Waals surface area contributed by atoms with Gasteiger partial charge in [-0.1, -0.05) is 6.07 Å². The summed E-state index contributed by atoms with van der Waals surface area (Å²) in [6.45, 7) is 6.43. The zero-order chi connectivity index (χ0) is 23.4. The van der Waals surface area contributed by atoms with Gasteiger partial charge in [-0.15, -0.1) is 0 Å². The van der Waals surface area contributed by atoms with Crippen molar-refractivity contribution in [1.82, 2.24) is 30.0 Å². The number of carbonyl (C=O) groups excluding carboxylic acids is 1. The molecule has 1 fully saturated rings. The number of fused-ring (bicyclic) bond motifs is 2. The first-order valence-corrected chi connectivity index (χ1v) is 12.1. The molecular formula is C27H30N6O. The van der Waals surface area contributed by atoms with E-state index in [1.54, 1.807) is 4.68 Å². The van der Waals surface area contributed by atoms with Crippen molar-refractivity contribution in [2.75, 3.05) is 13.1 Å². The summed E-state index contributed by atoms with van der Waals surface area (Å²) in [6.07, 6.45) is 7.13. The smallest absolute Gasteiger partial charge is 0.272 e. The lowest BCUT2D eigenvalue weighted by Gasteiger charge is -2.32. The summed E-state index contributed by atoms with van der Waals surface area (Å²) >= 11 is 0. The molecule has 0 saturated carbocycles. The number of benzene rings is 1. The van der Waals surface area contributed by atoms with Gasteiger partial charge in [0.1, 0.15) is 11.3 Å². The van der Waals surface area contributed by atoms with Crippen LogP contribution in [0.3, 0.4) is 0 Å². The van der Waals surface area contributed by atoms with E-state index in [4.69, 9.17) is 0 Å².